The van der Waals surface area contributed by atoms with Crippen LogP contribution in [-0.2, 0) is 4.79 Å². The lowest BCUT2D eigenvalue weighted by Crippen LogP contribution is -2.56. The molecule has 162 valence electrons. The van der Waals surface area contributed by atoms with Crippen LogP contribution in [0.25, 0.3) is 0 Å². The zero-order chi connectivity index (χ0) is 21.2. The number of nitrogens with one attached hydrogen (secondary N) is 1. The molecule has 1 unspecified atom stereocenters. The highest BCUT2D eigenvalue weighted by atomic mass is 16.2. The molecule has 1 atom stereocenters. The fourth-order valence-corrected chi connectivity index (χ4v) is 4.68. The maximum Gasteiger partial charge on any atom is 0.319 e. The molecule has 0 spiro atoms. The topological polar surface area (TPSA) is 65.0 Å². The van der Waals surface area contributed by atoms with Crippen molar-refractivity contribution in [3.05, 3.63) is 0 Å². The van der Waals surface area contributed by atoms with Crippen molar-refractivity contribution in [2.45, 2.75) is 92.3 Å². The Balaban J connectivity index is 2.77. The van der Waals surface area contributed by atoms with Crippen molar-refractivity contribution in [3.63, 3.8) is 0 Å². The Morgan fingerprint density at radius 2 is 1.82 bits per heavy atom. The SMILES string of the molecule is CCC(CC)(CC)CCNC(=O)N(C)C(N=C=O)N1CCCC(CC)(CC)C1. The van der Waals surface area contributed by atoms with E-state index < -0.39 is 6.29 Å². The third-order valence-electron chi connectivity index (χ3n) is 7.53. The van der Waals surface area contributed by atoms with Crippen molar-refractivity contribution in [2.24, 2.45) is 15.8 Å². The standard InChI is InChI=1S/C22H42N4O2/c1-7-21(8-2,9-3)14-15-23-20(28)25(6)19(24-18-27)26-16-12-13-22(10-4,11-5)17-26/h19H,7-17H2,1-6H3,(H,23,28). The molecule has 0 aromatic carbocycles. The molecule has 1 aliphatic heterocycles. The van der Waals surface area contributed by atoms with Gasteiger partial charge in [0.25, 0.3) is 0 Å². The lowest BCUT2D eigenvalue weighted by Gasteiger charge is -2.45. The van der Waals surface area contributed by atoms with E-state index in [0.29, 0.717) is 12.0 Å². The fourth-order valence-electron chi connectivity index (χ4n) is 4.68. The third-order valence-corrected chi connectivity index (χ3v) is 7.53. The number of amides is 2. The zero-order valence-electron chi connectivity index (χ0n) is 19.0. The highest BCUT2D eigenvalue weighted by Crippen LogP contribution is 2.37. The van der Waals surface area contributed by atoms with E-state index in [9.17, 15) is 9.59 Å². The van der Waals surface area contributed by atoms with Gasteiger partial charge in [-0.25, -0.2) is 9.59 Å². The summed E-state index contributed by atoms with van der Waals surface area (Å²) in [7, 11) is 1.72. The number of likely N-dealkylation sites (tertiary alicyclic amines) is 1. The van der Waals surface area contributed by atoms with E-state index in [1.165, 1.54) is 6.42 Å². The molecule has 6 heteroatoms. The predicted octanol–water partition coefficient (Wildman–Crippen LogP) is 4.76. The monoisotopic (exact) mass is 394 g/mol. The number of piperidine rings is 1. The van der Waals surface area contributed by atoms with Crippen LogP contribution in [0.1, 0.15) is 86.0 Å². The smallest absolute Gasteiger partial charge is 0.319 e. The number of carbonyl (C=O) groups excluding carboxylic acids is 2. The Kier molecular flexibility index (Phi) is 10.2. The van der Waals surface area contributed by atoms with E-state index in [1.54, 1.807) is 18.0 Å². The number of rotatable bonds is 11. The number of isocyanates is 1. The van der Waals surface area contributed by atoms with Crippen LogP contribution < -0.4 is 5.32 Å². The van der Waals surface area contributed by atoms with Gasteiger partial charge in [-0.2, -0.15) is 4.99 Å². The molecule has 2 amide bonds. The van der Waals surface area contributed by atoms with Crippen LogP contribution in [0.2, 0.25) is 0 Å². The zero-order valence-corrected chi connectivity index (χ0v) is 19.0. The first kappa shape index (κ1) is 24.6. The summed E-state index contributed by atoms with van der Waals surface area (Å²) in [6.45, 7) is 13.5. The Labute approximate surface area is 172 Å². The molecule has 0 aliphatic carbocycles. The molecule has 0 bridgehead atoms. The number of nitrogens with zero attached hydrogens (tertiary/aromatic N) is 3. The minimum absolute atomic E-state index is 0.176. The van der Waals surface area contributed by atoms with Gasteiger partial charge in [0.15, 0.2) is 6.29 Å². The van der Waals surface area contributed by atoms with E-state index in [1.807, 2.05) is 0 Å². The van der Waals surface area contributed by atoms with Crippen LogP contribution in [0.5, 0.6) is 0 Å². The Morgan fingerprint density at radius 3 is 2.32 bits per heavy atom. The van der Waals surface area contributed by atoms with Crippen LogP contribution in [0.3, 0.4) is 0 Å². The lowest BCUT2D eigenvalue weighted by atomic mass is 9.75. The molecule has 0 aromatic rings. The van der Waals surface area contributed by atoms with Gasteiger partial charge in [-0.3, -0.25) is 9.80 Å². The summed E-state index contributed by atoms with van der Waals surface area (Å²) < 4.78 is 0. The van der Waals surface area contributed by atoms with Gasteiger partial charge in [-0.15, -0.1) is 0 Å². The van der Waals surface area contributed by atoms with Gasteiger partial charge in [0, 0.05) is 26.7 Å². The van der Waals surface area contributed by atoms with E-state index in [0.717, 1.165) is 58.0 Å². The van der Waals surface area contributed by atoms with Gasteiger partial charge in [0.05, 0.1) is 0 Å². The maximum absolute atomic E-state index is 12.8. The van der Waals surface area contributed by atoms with Gasteiger partial charge in [0.1, 0.15) is 0 Å². The molecular weight excluding hydrogens is 352 g/mol. The summed E-state index contributed by atoms with van der Waals surface area (Å²) in [5.74, 6) is 0. The Morgan fingerprint density at radius 1 is 1.21 bits per heavy atom. The van der Waals surface area contributed by atoms with E-state index in [4.69, 9.17) is 0 Å². The molecule has 1 N–H and O–H groups in total. The maximum atomic E-state index is 12.8. The van der Waals surface area contributed by atoms with Crippen LogP contribution in [0, 0.1) is 10.8 Å². The summed E-state index contributed by atoms with van der Waals surface area (Å²) in [5.41, 5.74) is 0.538. The quantitative estimate of drug-likeness (QED) is 0.406. The Hall–Kier alpha value is -1.39. The summed E-state index contributed by atoms with van der Waals surface area (Å²) >= 11 is 0. The second-order valence-electron chi connectivity index (χ2n) is 8.50. The average molecular weight is 395 g/mol. The van der Waals surface area contributed by atoms with Crippen LogP contribution >= 0.6 is 0 Å². The summed E-state index contributed by atoms with van der Waals surface area (Å²) in [6, 6.07) is -0.176. The first-order valence-corrected chi connectivity index (χ1v) is 11.2. The molecule has 1 fully saturated rings. The second-order valence-corrected chi connectivity index (χ2v) is 8.50. The van der Waals surface area contributed by atoms with Crippen molar-refractivity contribution < 1.29 is 9.59 Å². The van der Waals surface area contributed by atoms with E-state index in [2.05, 4.69) is 49.8 Å². The lowest BCUT2D eigenvalue weighted by molar-refractivity contribution is 0.00673. The normalized spacial score (nSPS) is 18.2. The minimum atomic E-state index is -0.580. The molecule has 0 radical (unpaired) electrons. The van der Waals surface area contributed by atoms with E-state index >= 15 is 0 Å². The van der Waals surface area contributed by atoms with Crippen molar-refractivity contribution in [1.29, 1.82) is 0 Å². The molecule has 1 rings (SSSR count). The Bertz CT molecular complexity index is 514. The number of aliphatic imine (C=N–C) groups is 1. The summed E-state index contributed by atoms with van der Waals surface area (Å²) in [4.78, 5) is 31.5. The molecule has 6 nitrogen and oxygen atoms in total. The highest BCUT2D eigenvalue weighted by molar-refractivity contribution is 5.74. The van der Waals surface area contributed by atoms with Gasteiger partial charge >= 0.3 is 6.03 Å². The van der Waals surface area contributed by atoms with Gasteiger partial charge in [0.2, 0.25) is 6.08 Å². The summed E-state index contributed by atoms with van der Waals surface area (Å²) in [5, 5.41) is 3.04. The molecular formula is C22H42N4O2. The fraction of sp³-hybridized carbons (Fsp3) is 0.909. The van der Waals surface area contributed by atoms with Crippen LogP contribution in [0.4, 0.5) is 4.79 Å². The van der Waals surface area contributed by atoms with E-state index in [-0.39, 0.29) is 11.4 Å². The molecule has 1 saturated heterocycles. The molecule has 28 heavy (non-hydrogen) atoms. The highest BCUT2D eigenvalue weighted by Gasteiger charge is 2.37. The van der Waals surface area contributed by atoms with Crippen molar-refractivity contribution >= 4 is 12.1 Å². The van der Waals surface area contributed by atoms with Crippen LogP contribution in [-0.4, -0.2) is 54.9 Å². The van der Waals surface area contributed by atoms with Crippen LogP contribution in [0.15, 0.2) is 4.99 Å². The second kappa shape index (κ2) is 11.6. The van der Waals surface area contributed by atoms with Crippen molar-refractivity contribution in [3.8, 4) is 0 Å². The van der Waals surface area contributed by atoms with Gasteiger partial charge in [-0.1, -0.05) is 53.9 Å². The molecule has 0 aromatic heterocycles. The van der Waals surface area contributed by atoms with Crippen molar-refractivity contribution in [2.75, 3.05) is 26.7 Å². The molecule has 1 heterocycles. The average Bonchev–Trinajstić information content (AvgIpc) is 2.74. The first-order valence-electron chi connectivity index (χ1n) is 11.2. The minimum Gasteiger partial charge on any atom is -0.338 e. The third kappa shape index (κ3) is 6.05. The first-order chi connectivity index (χ1) is 13.4. The molecule has 1 aliphatic rings. The number of urea groups is 1. The number of carbonyl (C=O) groups is 1. The molecule has 0 saturated carbocycles. The number of hydrogen-bond acceptors (Lipinski definition) is 4. The number of hydrogen-bond donors (Lipinski definition) is 1. The predicted molar refractivity (Wildman–Crippen MR) is 115 cm³/mol. The summed E-state index contributed by atoms with van der Waals surface area (Å²) in [6.07, 6.45) is 9.88. The van der Waals surface area contributed by atoms with Crippen molar-refractivity contribution in [1.82, 2.24) is 15.1 Å². The van der Waals surface area contributed by atoms with Gasteiger partial charge < -0.3 is 5.32 Å². The largest absolute Gasteiger partial charge is 0.338 e. The van der Waals surface area contributed by atoms with Gasteiger partial charge in [-0.05, 0) is 42.9 Å².